The largest absolute Gasteiger partial charge is 0.457 e. The second kappa shape index (κ2) is 7.68. The van der Waals surface area contributed by atoms with E-state index in [1.54, 1.807) is 0 Å². The molecule has 1 unspecified atom stereocenters. The molecule has 0 aliphatic carbocycles. The van der Waals surface area contributed by atoms with Crippen molar-refractivity contribution in [1.29, 1.82) is 0 Å². The fraction of sp³-hybridized carbons (Fsp3) is 0.294. The van der Waals surface area contributed by atoms with E-state index in [0.29, 0.717) is 6.42 Å². The van der Waals surface area contributed by atoms with Crippen molar-refractivity contribution in [3.8, 4) is 11.5 Å². The zero-order chi connectivity index (χ0) is 14.2. The molecule has 0 radical (unpaired) electrons. The Morgan fingerprint density at radius 3 is 2.15 bits per heavy atom. The molecule has 0 aliphatic heterocycles. The van der Waals surface area contributed by atoms with E-state index in [1.165, 1.54) is 0 Å². The van der Waals surface area contributed by atoms with E-state index in [-0.39, 0.29) is 6.61 Å². The zero-order valence-corrected chi connectivity index (χ0v) is 11.4. The summed E-state index contributed by atoms with van der Waals surface area (Å²) in [7, 11) is 0. The Labute approximate surface area is 119 Å². The minimum absolute atomic E-state index is 0.177. The fourth-order valence-electron chi connectivity index (χ4n) is 2.00. The number of para-hydroxylation sites is 1. The van der Waals surface area contributed by atoms with Gasteiger partial charge in [-0.3, -0.25) is 0 Å². The highest BCUT2D eigenvalue weighted by molar-refractivity contribution is 5.33. The first-order chi connectivity index (χ1) is 9.79. The molecule has 0 saturated carbocycles. The summed E-state index contributed by atoms with van der Waals surface area (Å²) in [6.45, 7) is 0.177. The van der Waals surface area contributed by atoms with Gasteiger partial charge in [0.25, 0.3) is 0 Å². The lowest BCUT2D eigenvalue weighted by atomic mass is 10.0. The molecule has 0 aromatic heterocycles. The fourth-order valence-corrected chi connectivity index (χ4v) is 2.00. The molecule has 3 nitrogen and oxygen atoms in total. The van der Waals surface area contributed by atoms with Gasteiger partial charge >= 0.3 is 0 Å². The number of rotatable bonds is 7. The molecule has 2 rings (SSSR count). The van der Waals surface area contributed by atoms with Crippen LogP contribution >= 0.6 is 0 Å². The van der Waals surface area contributed by atoms with Crippen molar-refractivity contribution in [2.24, 2.45) is 0 Å². The highest BCUT2D eigenvalue weighted by atomic mass is 16.5. The molecule has 0 bridgehead atoms. The summed E-state index contributed by atoms with van der Waals surface area (Å²) in [4.78, 5) is 0. The molecule has 0 heterocycles. The first-order valence-electron chi connectivity index (χ1n) is 6.91. The molecule has 2 aromatic rings. The van der Waals surface area contributed by atoms with Crippen LogP contribution in [0.1, 0.15) is 30.9 Å². The third-order valence-electron chi connectivity index (χ3n) is 3.13. The third-order valence-corrected chi connectivity index (χ3v) is 3.13. The quantitative estimate of drug-likeness (QED) is 0.756. The molecule has 0 aliphatic rings. The summed E-state index contributed by atoms with van der Waals surface area (Å²) >= 11 is 0. The minimum atomic E-state index is -0.479. The lowest BCUT2D eigenvalue weighted by Crippen LogP contribution is -1.98. The van der Waals surface area contributed by atoms with Crippen molar-refractivity contribution < 1.29 is 14.9 Å². The van der Waals surface area contributed by atoms with Gasteiger partial charge in [0.1, 0.15) is 11.5 Å². The lowest BCUT2D eigenvalue weighted by molar-refractivity contribution is 0.159. The Hall–Kier alpha value is -1.84. The first-order valence-corrected chi connectivity index (χ1v) is 6.91. The van der Waals surface area contributed by atoms with Gasteiger partial charge in [-0.1, -0.05) is 30.3 Å². The van der Waals surface area contributed by atoms with Gasteiger partial charge in [-0.15, -0.1) is 0 Å². The molecule has 0 spiro atoms. The van der Waals surface area contributed by atoms with E-state index >= 15 is 0 Å². The number of hydrogen-bond acceptors (Lipinski definition) is 3. The van der Waals surface area contributed by atoms with Gasteiger partial charge in [0.2, 0.25) is 0 Å². The molecule has 2 aromatic carbocycles. The van der Waals surface area contributed by atoms with Crippen molar-refractivity contribution in [3.05, 3.63) is 60.2 Å². The average molecular weight is 272 g/mol. The smallest absolute Gasteiger partial charge is 0.127 e. The molecule has 0 amide bonds. The summed E-state index contributed by atoms with van der Waals surface area (Å²) in [5, 5.41) is 18.7. The highest BCUT2D eigenvalue weighted by Crippen LogP contribution is 2.25. The van der Waals surface area contributed by atoms with Gasteiger partial charge < -0.3 is 14.9 Å². The summed E-state index contributed by atoms with van der Waals surface area (Å²) in [5.41, 5.74) is 0.878. The lowest BCUT2D eigenvalue weighted by Gasteiger charge is -2.11. The van der Waals surface area contributed by atoms with Gasteiger partial charge in [0.15, 0.2) is 0 Å². The first kappa shape index (κ1) is 14.6. The molecular weight excluding hydrogens is 252 g/mol. The summed E-state index contributed by atoms with van der Waals surface area (Å²) in [6, 6.07) is 17.1. The summed E-state index contributed by atoms with van der Waals surface area (Å²) < 4.78 is 5.70. The SMILES string of the molecule is OCCCCC(O)c1ccc(Oc2ccccc2)cc1. The standard InChI is InChI=1S/C17H20O3/c18-13-5-4-8-17(19)14-9-11-16(12-10-14)20-15-6-2-1-3-7-15/h1-3,6-7,9-12,17-19H,4-5,8,13H2. The Balaban J connectivity index is 1.92. The molecule has 3 heteroatoms. The van der Waals surface area contributed by atoms with Crippen LogP contribution in [0.2, 0.25) is 0 Å². The van der Waals surface area contributed by atoms with Crippen LogP contribution in [0.25, 0.3) is 0 Å². The van der Waals surface area contributed by atoms with Gasteiger partial charge in [-0.2, -0.15) is 0 Å². The minimum Gasteiger partial charge on any atom is -0.457 e. The molecule has 1 atom stereocenters. The molecule has 106 valence electrons. The van der Waals surface area contributed by atoms with E-state index < -0.39 is 6.10 Å². The Bertz CT molecular complexity index is 493. The normalized spacial score (nSPS) is 12.1. The molecule has 2 N–H and O–H groups in total. The van der Waals surface area contributed by atoms with Crippen LogP contribution in [0, 0.1) is 0 Å². The van der Waals surface area contributed by atoms with Crippen molar-refractivity contribution in [1.82, 2.24) is 0 Å². The van der Waals surface area contributed by atoms with Crippen LogP contribution in [-0.2, 0) is 0 Å². The van der Waals surface area contributed by atoms with Crippen molar-refractivity contribution >= 4 is 0 Å². The zero-order valence-electron chi connectivity index (χ0n) is 11.4. The van der Waals surface area contributed by atoms with Crippen molar-refractivity contribution in [2.75, 3.05) is 6.61 Å². The molecule has 20 heavy (non-hydrogen) atoms. The van der Waals surface area contributed by atoms with Crippen molar-refractivity contribution in [2.45, 2.75) is 25.4 Å². The maximum absolute atomic E-state index is 10.0. The van der Waals surface area contributed by atoms with Gasteiger partial charge in [0, 0.05) is 6.61 Å². The predicted molar refractivity (Wildman–Crippen MR) is 78.9 cm³/mol. The maximum atomic E-state index is 10.0. The van der Waals surface area contributed by atoms with Crippen LogP contribution in [-0.4, -0.2) is 16.8 Å². The molecule has 0 fully saturated rings. The monoisotopic (exact) mass is 272 g/mol. The van der Waals surface area contributed by atoms with Crippen LogP contribution < -0.4 is 4.74 Å². The average Bonchev–Trinajstić information content (AvgIpc) is 2.49. The maximum Gasteiger partial charge on any atom is 0.127 e. The Kier molecular flexibility index (Phi) is 5.59. The van der Waals surface area contributed by atoms with E-state index in [9.17, 15) is 5.11 Å². The molecular formula is C17H20O3. The van der Waals surface area contributed by atoms with Crippen LogP contribution in [0.4, 0.5) is 0 Å². The topological polar surface area (TPSA) is 49.7 Å². The van der Waals surface area contributed by atoms with Crippen LogP contribution in [0.15, 0.2) is 54.6 Å². The second-order valence-corrected chi connectivity index (χ2v) is 4.72. The third kappa shape index (κ3) is 4.37. The van der Waals surface area contributed by atoms with Crippen LogP contribution in [0.5, 0.6) is 11.5 Å². The van der Waals surface area contributed by atoms with Crippen LogP contribution in [0.3, 0.4) is 0 Å². The van der Waals surface area contributed by atoms with E-state index in [1.807, 2.05) is 54.6 Å². The number of hydrogen-bond donors (Lipinski definition) is 2. The second-order valence-electron chi connectivity index (χ2n) is 4.72. The van der Waals surface area contributed by atoms with E-state index in [0.717, 1.165) is 29.9 Å². The number of aliphatic hydroxyl groups is 2. The number of unbranched alkanes of at least 4 members (excludes halogenated alkanes) is 1. The number of ether oxygens (including phenoxy) is 1. The van der Waals surface area contributed by atoms with E-state index in [4.69, 9.17) is 9.84 Å². The van der Waals surface area contributed by atoms with Crippen molar-refractivity contribution in [3.63, 3.8) is 0 Å². The number of aliphatic hydroxyl groups excluding tert-OH is 2. The summed E-state index contributed by atoms with van der Waals surface area (Å²) in [5.74, 6) is 1.55. The van der Waals surface area contributed by atoms with Gasteiger partial charge in [-0.25, -0.2) is 0 Å². The van der Waals surface area contributed by atoms with Gasteiger partial charge in [-0.05, 0) is 49.1 Å². The summed E-state index contributed by atoms with van der Waals surface area (Å²) in [6.07, 6.45) is 1.73. The van der Waals surface area contributed by atoms with E-state index in [2.05, 4.69) is 0 Å². The highest BCUT2D eigenvalue weighted by Gasteiger charge is 2.07. The Morgan fingerprint density at radius 2 is 1.50 bits per heavy atom. The molecule has 0 saturated heterocycles. The number of benzene rings is 2. The van der Waals surface area contributed by atoms with Gasteiger partial charge in [0.05, 0.1) is 6.10 Å². The predicted octanol–water partition coefficient (Wildman–Crippen LogP) is 3.67. The Morgan fingerprint density at radius 1 is 0.850 bits per heavy atom.